The molecule has 0 amide bonds. The monoisotopic (exact) mass is 402 g/mol. The fourth-order valence-corrected chi connectivity index (χ4v) is 4.54. The Bertz CT molecular complexity index is 1080. The van der Waals surface area contributed by atoms with E-state index in [4.69, 9.17) is 0 Å². The molecule has 148 valence electrons. The predicted octanol–water partition coefficient (Wildman–Crippen LogP) is 6.25. The number of nitrogens with zero attached hydrogens (tertiary/aromatic N) is 1. The summed E-state index contributed by atoms with van der Waals surface area (Å²) in [5.74, 6) is 0.669. The Morgan fingerprint density at radius 2 is 1.52 bits per heavy atom. The summed E-state index contributed by atoms with van der Waals surface area (Å²) in [7, 11) is 0. The molecule has 1 saturated heterocycles. The Labute approximate surface area is 179 Å². The molecule has 1 N–H and O–H groups in total. The van der Waals surface area contributed by atoms with Gasteiger partial charge in [0, 0.05) is 23.6 Å². The minimum Gasteiger partial charge on any atom is -0.343 e. The fraction of sp³-hybridized carbons (Fsp3) is 0.231. The van der Waals surface area contributed by atoms with E-state index < -0.39 is 0 Å². The molecule has 1 fully saturated rings. The van der Waals surface area contributed by atoms with Crippen molar-refractivity contribution in [3.05, 3.63) is 96.2 Å². The quantitative estimate of drug-likeness (QED) is 0.427. The molecular formula is C26H27ClN2. The van der Waals surface area contributed by atoms with Gasteiger partial charge in [0.05, 0.1) is 0 Å². The molecule has 0 spiro atoms. The van der Waals surface area contributed by atoms with Crippen LogP contribution in [-0.2, 0) is 6.54 Å². The van der Waals surface area contributed by atoms with E-state index >= 15 is 0 Å². The highest BCUT2D eigenvalue weighted by Gasteiger charge is 2.20. The minimum atomic E-state index is 0. The first-order valence-electron chi connectivity index (χ1n) is 10.3. The molecule has 0 radical (unpaired) electrons. The summed E-state index contributed by atoms with van der Waals surface area (Å²) in [4.78, 5) is 0. The minimum absolute atomic E-state index is 0. The van der Waals surface area contributed by atoms with E-state index in [-0.39, 0.29) is 12.4 Å². The Balaban J connectivity index is 0.00000205. The van der Waals surface area contributed by atoms with Crippen LogP contribution in [0.1, 0.15) is 29.9 Å². The van der Waals surface area contributed by atoms with Crippen LogP contribution in [0.15, 0.2) is 85.1 Å². The Hall–Kier alpha value is -2.55. The molecule has 1 aliphatic rings. The lowest BCUT2D eigenvalue weighted by Gasteiger charge is -2.22. The molecule has 5 rings (SSSR count). The topological polar surface area (TPSA) is 17.0 Å². The molecule has 0 saturated carbocycles. The molecule has 0 unspecified atom stereocenters. The third kappa shape index (κ3) is 4.10. The number of fused-ring (bicyclic) bond motifs is 1. The van der Waals surface area contributed by atoms with E-state index in [1.165, 1.54) is 46.0 Å². The molecular weight excluding hydrogens is 376 g/mol. The van der Waals surface area contributed by atoms with Crippen LogP contribution < -0.4 is 5.32 Å². The summed E-state index contributed by atoms with van der Waals surface area (Å²) in [5, 5.41) is 4.92. The maximum absolute atomic E-state index is 3.49. The Kier molecular flexibility index (Phi) is 6.03. The van der Waals surface area contributed by atoms with Crippen LogP contribution in [0.3, 0.4) is 0 Å². The molecule has 1 aromatic heterocycles. The van der Waals surface area contributed by atoms with Crippen LogP contribution >= 0.6 is 12.4 Å². The smallest absolute Gasteiger partial charge is 0.0486 e. The molecule has 0 aliphatic carbocycles. The lowest BCUT2D eigenvalue weighted by atomic mass is 9.90. The van der Waals surface area contributed by atoms with E-state index in [0.29, 0.717) is 5.92 Å². The number of hydrogen-bond acceptors (Lipinski definition) is 1. The average molecular weight is 403 g/mol. The normalized spacial score (nSPS) is 14.6. The number of piperidine rings is 1. The fourth-order valence-electron chi connectivity index (χ4n) is 4.54. The molecule has 29 heavy (non-hydrogen) atoms. The summed E-state index contributed by atoms with van der Waals surface area (Å²) < 4.78 is 2.44. The standard InChI is InChI=1S/C26H26N2.ClH/c1-2-8-21(9-3-1)23-10-6-7-20(17-23)18-28-19-25(22-13-15-27-16-14-22)24-11-4-5-12-26(24)28;/h1-12,17,19,22,27H,13-16,18H2;1H. The first kappa shape index (κ1) is 19.8. The largest absolute Gasteiger partial charge is 0.343 e. The number of rotatable bonds is 4. The lowest BCUT2D eigenvalue weighted by molar-refractivity contribution is 0.461. The molecule has 2 nitrogen and oxygen atoms in total. The van der Waals surface area contributed by atoms with Crippen molar-refractivity contribution >= 4 is 23.3 Å². The highest BCUT2D eigenvalue weighted by Crippen LogP contribution is 2.33. The van der Waals surface area contributed by atoms with E-state index in [2.05, 4.69) is 94.9 Å². The van der Waals surface area contributed by atoms with Gasteiger partial charge in [-0.25, -0.2) is 0 Å². The van der Waals surface area contributed by atoms with E-state index in [9.17, 15) is 0 Å². The van der Waals surface area contributed by atoms with Crippen LogP contribution in [0, 0.1) is 0 Å². The number of hydrogen-bond donors (Lipinski definition) is 1. The number of halogens is 1. The van der Waals surface area contributed by atoms with Gasteiger partial charge in [-0.1, -0.05) is 66.7 Å². The van der Waals surface area contributed by atoms with Gasteiger partial charge in [-0.2, -0.15) is 0 Å². The summed E-state index contributed by atoms with van der Waals surface area (Å²) >= 11 is 0. The number of para-hydroxylation sites is 1. The van der Waals surface area contributed by atoms with Crippen molar-refractivity contribution < 1.29 is 0 Å². The van der Waals surface area contributed by atoms with Crippen LogP contribution in [0.2, 0.25) is 0 Å². The van der Waals surface area contributed by atoms with Crippen LogP contribution in [0.25, 0.3) is 22.0 Å². The van der Waals surface area contributed by atoms with Crippen molar-refractivity contribution in [2.75, 3.05) is 13.1 Å². The van der Waals surface area contributed by atoms with Crippen molar-refractivity contribution in [3.8, 4) is 11.1 Å². The first-order valence-corrected chi connectivity index (χ1v) is 10.3. The van der Waals surface area contributed by atoms with Crippen LogP contribution in [0.4, 0.5) is 0 Å². The highest BCUT2D eigenvalue weighted by atomic mass is 35.5. The lowest BCUT2D eigenvalue weighted by Crippen LogP contribution is -2.26. The van der Waals surface area contributed by atoms with Crippen molar-refractivity contribution in [2.45, 2.75) is 25.3 Å². The second kappa shape index (κ2) is 8.86. The average Bonchev–Trinajstić information content (AvgIpc) is 3.14. The van der Waals surface area contributed by atoms with Gasteiger partial charge in [-0.15, -0.1) is 12.4 Å². The summed E-state index contributed by atoms with van der Waals surface area (Å²) in [5.41, 5.74) is 6.78. The third-order valence-electron chi connectivity index (χ3n) is 5.99. The zero-order chi connectivity index (χ0) is 18.8. The number of benzene rings is 3. The molecule has 3 aromatic carbocycles. The van der Waals surface area contributed by atoms with Gasteiger partial charge >= 0.3 is 0 Å². The number of aromatic nitrogens is 1. The van der Waals surface area contributed by atoms with Crippen LogP contribution in [-0.4, -0.2) is 17.7 Å². The summed E-state index contributed by atoms with van der Waals surface area (Å²) in [6, 6.07) is 28.5. The third-order valence-corrected chi connectivity index (χ3v) is 5.99. The summed E-state index contributed by atoms with van der Waals surface area (Å²) in [6.07, 6.45) is 4.88. The van der Waals surface area contributed by atoms with Gasteiger partial charge in [0.25, 0.3) is 0 Å². The molecule has 0 bridgehead atoms. The van der Waals surface area contributed by atoms with Crippen LogP contribution in [0.5, 0.6) is 0 Å². The number of nitrogens with one attached hydrogen (secondary N) is 1. The van der Waals surface area contributed by atoms with E-state index in [0.717, 1.165) is 19.6 Å². The first-order chi connectivity index (χ1) is 13.9. The zero-order valence-electron chi connectivity index (χ0n) is 16.6. The van der Waals surface area contributed by atoms with Crippen molar-refractivity contribution in [3.63, 3.8) is 0 Å². The maximum Gasteiger partial charge on any atom is 0.0486 e. The Morgan fingerprint density at radius 1 is 0.793 bits per heavy atom. The van der Waals surface area contributed by atoms with Gasteiger partial charge < -0.3 is 9.88 Å². The molecule has 4 aromatic rings. The van der Waals surface area contributed by atoms with E-state index in [1.807, 2.05) is 0 Å². The highest BCUT2D eigenvalue weighted by molar-refractivity contribution is 5.85. The van der Waals surface area contributed by atoms with Crippen molar-refractivity contribution in [1.82, 2.24) is 9.88 Å². The molecule has 2 heterocycles. The second-order valence-corrected chi connectivity index (χ2v) is 7.82. The van der Waals surface area contributed by atoms with Crippen molar-refractivity contribution in [2.24, 2.45) is 0 Å². The van der Waals surface area contributed by atoms with Crippen molar-refractivity contribution in [1.29, 1.82) is 0 Å². The van der Waals surface area contributed by atoms with E-state index in [1.54, 1.807) is 0 Å². The predicted molar refractivity (Wildman–Crippen MR) is 125 cm³/mol. The second-order valence-electron chi connectivity index (χ2n) is 7.82. The zero-order valence-corrected chi connectivity index (χ0v) is 17.4. The van der Waals surface area contributed by atoms with Gasteiger partial charge in [-0.3, -0.25) is 0 Å². The molecule has 0 atom stereocenters. The van der Waals surface area contributed by atoms with Gasteiger partial charge in [0.1, 0.15) is 0 Å². The summed E-state index contributed by atoms with van der Waals surface area (Å²) in [6.45, 7) is 3.17. The SMILES string of the molecule is Cl.c1ccc(-c2cccc(Cn3cc(C4CCNCC4)c4ccccc43)c2)cc1. The molecule has 1 aliphatic heterocycles. The van der Waals surface area contributed by atoms with Gasteiger partial charge in [0.15, 0.2) is 0 Å². The van der Waals surface area contributed by atoms with Gasteiger partial charge in [0.2, 0.25) is 0 Å². The molecule has 3 heteroatoms. The Morgan fingerprint density at radius 3 is 2.34 bits per heavy atom. The maximum atomic E-state index is 3.49. The van der Waals surface area contributed by atoms with Gasteiger partial charge in [-0.05, 0) is 66.2 Å².